The summed E-state index contributed by atoms with van der Waals surface area (Å²) in [5.74, 6) is -5.23. The van der Waals surface area contributed by atoms with Gasteiger partial charge in [0, 0.05) is 0 Å². The van der Waals surface area contributed by atoms with Gasteiger partial charge in [0.1, 0.15) is 24.7 Å². The predicted molar refractivity (Wildman–Crippen MR) is 92.7 cm³/mol. The highest BCUT2D eigenvalue weighted by Crippen LogP contribution is 2.15. The molecule has 2 N–H and O–H groups in total. The SMILES string of the molecule is COc1ccc(COC(=O)C(O)(O)C(=O)OCc2ccc(OC)cc2)cc1. The van der Waals surface area contributed by atoms with Crippen LogP contribution in [0.4, 0.5) is 0 Å². The van der Waals surface area contributed by atoms with Gasteiger partial charge in [0.05, 0.1) is 14.2 Å². The summed E-state index contributed by atoms with van der Waals surface area (Å²) in [6, 6.07) is 13.1. The molecular formula is C19H20O8. The second-order valence-corrected chi connectivity index (χ2v) is 5.52. The Bertz CT molecular complexity index is 700. The van der Waals surface area contributed by atoms with Crippen LogP contribution in [-0.2, 0) is 32.3 Å². The molecular weight excluding hydrogens is 356 g/mol. The summed E-state index contributed by atoms with van der Waals surface area (Å²) in [7, 11) is 3.02. The van der Waals surface area contributed by atoms with E-state index in [0.717, 1.165) is 0 Å². The van der Waals surface area contributed by atoms with Crippen molar-refractivity contribution in [2.75, 3.05) is 14.2 Å². The molecule has 144 valence electrons. The Balaban J connectivity index is 1.87. The molecule has 0 spiro atoms. The number of esters is 2. The molecule has 2 aromatic rings. The number of hydrogen-bond acceptors (Lipinski definition) is 8. The highest BCUT2D eigenvalue weighted by atomic mass is 16.6. The highest BCUT2D eigenvalue weighted by molar-refractivity contribution is 6.01. The second-order valence-electron chi connectivity index (χ2n) is 5.52. The van der Waals surface area contributed by atoms with E-state index >= 15 is 0 Å². The average Bonchev–Trinajstić information content (AvgIpc) is 2.70. The van der Waals surface area contributed by atoms with Gasteiger partial charge in [-0.15, -0.1) is 0 Å². The van der Waals surface area contributed by atoms with Crippen molar-refractivity contribution in [3.63, 3.8) is 0 Å². The second kappa shape index (κ2) is 9.02. The molecule has 0 aliphatic carbocycles. The molecule has 0 radical (unpaired) electrons. The van der Waals surface area contributed by atoms with Gasteiger partial charge in [0.15, 0.2) is 0 Å². The van der Waals surface area contributed by atoms with Gasteiger partial charge < -0.3 is 29.2 Å². The summed E-state index contributed by atoms with van der Waals surface area (Å²) < 4.78 is 19.5. The minimum Gasteiger partial charge on any atom is -0.497 e. The molecule has 0 atom stereocenters. The number of hydrogen-bond donors (Lipinski definition) is 2. The summed E-state index contributed by atoms with van der Waals surface area (Å²) in [5.41, 5.74) is 1.15. The number of aliphatic hydroxyl groups is 2. The first kappa shape index (κ1) is 20.2. The topological polar surface area (TPSA) is 112 Å². The van der Waals surface area contributed by atoms with Crippen molar-refractivity contribution in [2.24, 2.45) is 0 Å². The van der Waals surface area contributed by atoms with E-state index < -0.39 is 17.7 Å². The van der Waals surface area contributed by atoms with E-state index in [4.69, 9.17) is 18.9 Å². The first-order chi connectivity index (χ1) is 12.9. The molecule has 0 aliphatic heterocycles. The Hall–Kier alpha value is -3.10. The van der Waals surface area contributed by atoms with Crippen molar-refractivity contribution in [2.45, 2.75) is 19.0 Å². The van der Waals surface area contributed by atoms with Crippen LogP contribution in [0.3, 0.4) is 0 Å². The normalized spacial score (nSPS) is 10.8. The van der Waals surface area contributed by atoms with Crippen LogP contribution in [0.15, 0.2) is 48.5 Å². The molecule has 0 saturated heterocycles. The quantitative estimate of drug-likeness (QED) is 0.401. The van der Waals surface area contributed by atoms with Crippen molar-refractivity contribution in [3.05, 3.63) is 59.7 Å². The van der Waals surface area contributed by atoms with E-state index in [1.807, 2.05) is 0 Å². The number of ether oxygens (including phenoxy) is 4. The molecule has 0 amide bonds. The van der Waals surface area contributed by atoms with Gasteiger partial charge in [-0.25, -0.2) is 9.59 Å². The number of carbonyl (C=O) groups is 2. The zero-order valence-electron chi connectivity index (χ0n) is 14.9. The Morgan fingerprint density at radius 1 is 0.741 bits per heavy atom. The third-order valence-electron chi connectivity index (χ3n) is 3.63. The van der Waals surface area contributed by atoms with Crippen LogP contribution in [-0.4, -0.2) is 42.2 Å². The maximum absolute atomic E-state index is 11.8. The van der Waals surface area contributed by atoms with Gasteiger partial charge in [-0.05, 0) is 35.4 Å². The van der Waals surface area contributed by atoms with E-state index in [2.05, 4.69) is 0 Å². The average molecular weight is 376 g/mol. The van der Waals surface area contributed by atoms with Gasteiger partial charge in [-0.1, -0.05) is 24.3 Å². The lowest BCUT2D eigenvalue weighted by Gasteiger charge is -2.18. The number of benzene rings is 2. The molecule has 2 rings (SSSR count). The molecule has 0 saturated carbocycles. The molecule has 0 aromatic heterocycles. The molecule has 0 unspecified atom stereocenters. The van der Waals surface area contributed by atoms with Crippen LogP contribution < -0.4 is 9.47 Å². The Kier molecular flexibility index (Phi) is 6.75. The highest BCUT2D eigenvalue weighted by Gasteiger charge is 2.46. The Morgan fingerprint density at radius 2 is 1.07 bits per heavy atom. The lowest BCUT2D eigenvalue weighted by atomic mass is 10.2. The van der Waals surface area contributed by atoms with Gasteiger partial charge in [-0.3, -0.25) is 0 Å². The van der Waals surface area contributed by atoms with Crippen molar-refractivity contribution in [1.82, 2.24) is 0 Å². The molecule has 2 aromatic carbocycles. The molecule has 0 heterocycles. The lowest BCUT2D eigenvalue weighted by molar-refractivity contribution is -0.225. The first-order valence-corrected chi connectivity index (χ1v) is 7.92. The lowest BCUT2D eigenvalue weighted by Crippen LogP contribution is -2.48. The van der Waals surface area contributed by atoms with Crippen molar-refractivity contribution in [3.8, 4) is 11.5 Å². The fraction of sp³-hybridized carbons (Fsp3) is 0.263. The molecule has 8 heteroatoms. The standard InChI is InChI=1S/C19H20O8/c1-24-15-7-3-13(4-8-15)11-26-17(20)19(22,23)18(21)27-12-14-5-9-16(25-2)10-6-14/h3-10,22-23H,11-12H2,1-2H3. The molecule has 27 heavy (non-hydrogen) atoms. The largest absolute Gasteiger partial charge is 0.497 e. The Labute approximate surface area is 155 Å². The molecule has 0 aliphatic rings. The molecule has 8 nitrogen and oxygen atoms in total. The van der Waals surface area contributed by atoms with E-state index in [0.29, 0.717) is 22.6 Å². The first-order valence-electron chi connectivity index (χ1n) is 7.92. The van der Waals surface area contributed by atoms with E-state index in [-0.39, 0.29) is 13.2 Å². The summed E-state index contributed by atoms with van der Waals surface area (Å²) >= 11 is 0. The third-order valence-corrected chi connectivity index (χ3v) is 3.63. The zero-order valence-corrected chi connectivity index (χ0v) is 14.9. The number of rotatable bonds is 8. The van der Waals surface area contributed by atoms with Gasteiger partial charge >= 0.3 is 17.7 Å². The monoisotopic (exact) mass is 376 g/mol. The van der Waals surface area contributed by atoms with Crippen LogP contribution in [0.5, 0.6) is 11.5 Å². The molecule has 0 bridgehead atoms. The summed E-state index contributed by atoms with van der Waals surface area (Å²) in [6.45, 7) is -0.505. The van der Waals surface area contributed by atoms with E-state index in [1.165, 1.54) is 14.2 Å². The number of carbonyl (C=O) groups excluding carboxylic acids is 2. The number of methoxy groups -OCH3 is 2. The van der Waals surface area contributed by atoms with Gasteiger partial charge in [0.25, 0.3) is 0 Å². The van der Waals surface area contributed by atoms with Crippen molar-refractivity contribution >= 4 is 11.9 Å². The van der Waals surface area contributed by atoms with Crippen LogP contribution in [0.25, 0.3) is 0 Å². The summed E-state index contributed by atoms with van der Waals surface area (Å²) in [4.78, 5) is 23.7. The summed E-state index contributed by atoms with van der Waals surface area (Å²) in [5, 5.41) is 19.5. The summed E-state index contributed by atoms with van der Waals surface area (Å²) in [6.07, 6.45) is 0. The van der Waals surface area contributed by atoms with Crippen LogP contribution in [0.2, 0.25) is 0 Å². The maximum atomic E-state index is 11.8. The van der Waals surface area contributed by atoms with Crippen LogP contribution in [0, 0.1) is 0 Å². The minimum absolute atomic E-state index is 0.253. The molecule has 0 fully saturated rings. The fourth-order valence-corrected chi connectivity index (χ4v) is 2.03. The van der Waals surface area contributed by atoms with Crippen molar-refractivity contribution in [1.29, 1.82) is 0 Å². The zero-order chi connectivity index (χ0) is 19.9. The Morgan fingerprint density at radius 3 is 1.37 bits per heavy atom. The van der Waals surface area contributed by atoms with E-state index in [1.54, 1.807) is 48.5 Å². The van der Waals surface area contributed by atoms with Gasteiger partial charge in [-0.2, -0.15) is 0 Å². The third kappa shape index (κ3) is 5.44. The minimum atomic E-state index is -3.40. The van der Waals surface area contributed by atoms with Gasteiger partial charge in [0.2, 0.25) is 0 Å². The van der Waals surface area contributed by atoms with E-state index in [9.17, 15) is 19.8 Å². The van der Waals surface area contributed by atoms with Crippen LogP contribution in [0.1, 0.15) is 11.1 Å². The smallest absolute Gasteiger partial charge is 0.379 e. The van der Waals surface area contributed by atoms with Crippen LogP contribution >= 0.6 is 0 Å². The van der Waals surface area contributed by atoms with Crippen molar-refractivity contribution < 1.29 is 38.7 Å². The predicted octanol–water partition coefficient (Wildman–Crippen LogP) is 1.17. The maximum Gasteiger partial charge on any atom is 0.379 e. The fourth-order valence-electron chi connectivity index (χ4n) is 2.03.